The summed E-state index contributed by atoms with van der Waals surface area (Å²) < 4.78 is 0. The zero-order chi connectivity index (χ0) is 22.2. The van der Waals surface area contributed by atoms with E-state index in [-0.39, 0.29) is 0 Å². The Bertz CT molecular complexity index is 414. The molecule has 0 saturated carbocycles. The van der Waals surface area contributed by atoms with Gasteiger partial charge in [0.15, 0.2) is 0 Å². The quantitative estimate of drug-likeness (QED) is 0.322. The van der Waals surface area contributed by atoms with Gasteiger partial charge < -0.3 is 21.5 Å². The Hall–Kier alpha value is -0.875. The molecule has 0 aliphatic carbocycles. The van der Waals surface area contributed by atoms with Crippen LogP contribution in [0.2, 0.25) is 0 Å². The van der Waals surface area contributed by atoms with Gasteiger partial charge in [-0.05, 0) is 18.4 Å². The lowest BCUT2D eigenvalue weighted by Gasteiger charge is -2.26. The van der Waals surface area contributed by atoms with E-state index in [1.54, 1.807) is 26.2 Å². The molecule has 1 rings (SSSR count). The van der Waals surface area contributed by atoms with Crippen LogP contribution >= 0.6 is 0 Å². The van der Waals surface area contributed by atoms with Crippen LogP contribution < -0.4 is 27.0 Å². The molecule has 170 valence electrons. The summed E-state index contributed by atoms with van der Waals surface area (Å²) in [4.78, 5) is 0. The SMILES string of the molecule is CCCCCCCCCCCCCCCCc1ccc(B([O-])[O-])cc1.C[NH3+].C[NH3+]. The second-order valence-electron chi connectivity index (χ2n) is 7.42. The summed E-state index contributed by atoms with van der Waals surface area (Å²) in [6, 6.07) is 7.23. The monoisotopic (exact) mass is 408 g/mol. The third kappa shape index (κ3) is 20.2. The molecule has 4 nitrogen and oxygen atoms in total. The van der Waals surface area contributed by atoms with Crippen LogP contribution in [0.4, 0.5) is 0 Å². The van der Waals surface area contributed by atoms with Crippen molar-refractivity contribution in [1.82, 2.24) is 0 Å². The molecule has 0 atom stereocenters. The average molecular weight is 408 g/mol. The summed E-state index contributed by atoms with van der Waals surface area (Å²) >= 11 is 0. The van der Waals surface area contributed by atoms with Crippen molar-refractivity contribution in [3.8, 4) is 0 Å². The zero-order valence-electron chi connectivity index (χ0n) is 19.7. The first-order valence-corrected chi connectivity index (χ1v) is 12.1. The summed E-state index contributed by atoms with van der Waals surface area (Å²) in [5.74, 6) is 0. The van der Waals surface area contributed by atoms with Crippen molar-refractivity contribution in [3.05, 3.63) is 29.8 Å². The van der Waals surface area contributed by atoms with Gasteiger partial charge in [-0.2, -0.15) is 0 Å². The first-order chi connectivity index (χ1) is 14.2. The molecule has 0 heterocycles. The smallest absolute Gasteiger partial charge is 0.0634 e. The Morgan fingerprint density at radius 2 is 0.931 bits per heavy atom. The highest BCUT2D eigenvalue weighted by Gasteiger charge is 1.96. The summed E-state index contributed by atoms with van der Waals surface area (Å²) in [5, 5.41) is 21.6. The van der Waals surface area contributed by atoms with Gasteiger partial charge in [-0.25, -0.2) is 0 Å². The van der Waals surface area contributed by atoms with Gasteiger partial charge in [-0.1, -0.05) is 122 Å². The lowest BCUT2D eigenvalue weighted by atomic mass is 9.80. The van der Waals surface area contributed by atoms with E-state index in [9.17, 15) is 10.0 Å². The molecule has 0 saturated heterocycles. The minimum atomic E-state index is -1.85. The van der Waals surface area contributed by atoms with Gasteiger partial charge in [-0.3, -0.25) is 0 Å². The average Bonchev–Trinajstić information content (AvgIpc) is 2.77. The third-order valence-electron chi connectivity index (χ3n) is 5.07. The van der Waals surface area contributed by atoms with Crippen LogP contribution in [-0.2, 0) is 6.42 Å². The molecule has 0 amide bonds. The molecule has 0 bridgehead atoms. The normalized spacial score (nSPS) is 9.90. The predicted molar refractivity (Wildman–Crippen MR) is 123 cm³/mol. The van der Waals surface area contributed by atoms with Crippen molar-refractivity contribution in [2.24, 2.45) is 0 Å². The van der Waals surface area contributed by atoms with Crippen LogP contribution in [0, 0.1) is 0 Å². The Balaban J connectivity index is 0. The van der Waals surface area contributed by atoms with Crippen LogP contribution in [0.25, 0.3) is 0 Å². The number of unbranched alkanes of at least 4 members (excludes halogenated alkanes) is 13. The maximum Gasteiger partial charge on any atom is 0.0634 e. The molecule has 6 N–H and O–H groups in total. The minimum Gasteiger partial charge on any atom is -0.889 e. The second-order valence-corrected chi connectivity index (χ2v) is 7.42. The van der Waals surface area contributed by atoms with Gasteiger partial charge in [-0.15, -0.1) is 5.46 Å². The molecule has 0 aliphatic rings. The Morgan fingerprint density at radius 3 is 1.28 bits per heavy atom. The van der Waals surface area contributed by atoms with Crippen molar-refractivity contribution >= 4 is 12.6 Å². The van der Waals surface area contributed by atoms with E-state index in [1.807, 2.05) is 12.1 Å². The van der Waals surface area contributed by atoms with Crippen LogP contribution in [-0.4, -0.2) is 21.2 Å². The molecule has 0 spiro atoms. The van der Waals surface area contributed by atoms with Gasteiger partial charge in [0.1, 0.15) is 0 Å². The third-order valence-corrected chi connectivity index (χ3v) is 5.07. The fourth-order valence-electron chi connectivity index (χ4n) is 3.37. The van der Waals surface area contributed by atoms with Crippen molar-refractivity contribution in [2.75, 3.05) is 14.1 Å². The maximum atomic E-state index is 10.8. The summed E-state index contributed by atoms with van der Waals surface area (Å²) in [7, 11) is 1.65. The number of benzene rings is 1. The largest absolute Gasteiger partial charge is 0.889 e. The van der Waals surface area contributed by atoms with Gasteiger partial charge in [0, 0.05) is 0 Å². The van der Waals surface area contributed by atoms with E-state index in [1.165, 1.54) is 95.5 Å². The van der Waals surface area contributed by atoms with Crippen LogP contribution in [0.5, 0.6) is 0 Å². The Labute approximate surface area is 181 Å². The molecule has 0 fully saturated rings. The van der Waals surface area contributed by atoms with Gasteiger partial charge >= 0.3 is 0 Å². The van der Waals surface area contributed by atoms with Crippen LogP contribution in [0.15, 0.2) is 24.3 Å². The van der Waals surface area contributed by atoms with Crippen molar-refractivity contribution in [2.45, 2.75) is 103 Å². The predicted octanol–water partition coefficient (Wildman–Crippen LogP) is 1.84. The first-order valence-electron chi connectivity index (χ1n) is 12.1. The standard InChI is InChI=1S/C22H37BO2.2CH5N/c1-2-3-4-5-6-7-8-9-10-11-12-13-14-15-16-21-17-19-22(20-18-21)23(24)25;2*1-2/h17-20H,2-16H2,1H3;2*2H2,1H3/q-2;;/p+2. The van der Waals surface area contributed by atoms with E-state index in [2.05, 4.69) is 18.4 Å². The lowest BCUT2D eigenvalue weighted by Crippen LogP contribution is -2.55. The lowest BCUT2D eigenvalue weighted by molar-refractivity contribution is -0.341. The van der Waals surface area contributed by atoms with E-state index in [4.69, 9.17) is 0 Å². The number of hydrogen-bond acceptors (Lipinski definition) is 2. The zero-order valence-corrected chi connectivity index (χ0v) is 19.7. The van der Waals surface area contributed by atoms with Crippen LogP contribution in [0.3, 0.4) is 0 Å². The van der Waals surface area contributed by atoms with E-state index in [0.29, 0.717) is 5.46 Å². The molecular weight excluding hydrogens is 359 g/mol. The molecule has 5 heteroatoms. The van der Waals surface area contributed by atoms with Gasteiger partial charge in [0.2, 0.25) is 0 Å². The van der Waals surface area contributed by atoms with Crippen molar-refractivity contribution in [1.29, 1.82) is 0 Å². The highest BCUT2D eigenvalue weighted by Crippen LogP contribution is 2.13. The molecule has 0 aromatic heterocycles. The van der Waals surface area contributed by atoms with Crippen LogP contribution in [0.1, 0.15) is 102 Å². The molecule has 1 aromatic rings. The number of quaternary nitrogens is 2. The number of hydrogen-bond donors (Lipinski definition) is 2. The molecule has 0 radical (unpaired) electrons. The van der Waals surface area contributed by atoms with E-state index in [0.717, 1.165) is 6.42 Å². The fourth-order valence-corrected chi connectivity index (χ4v) is 3.37. The second kappa shape index (κ2) is 25.2. The highest BCUT2D eigenvalue weighted by atomic mass is 16.4. The summed E-state index contributed by atoms with van der Waals surface area (Å²) in [6.45, 7) is 2.28. The Kier molecular flexibility index (Phi) is 26.3. The summed E-state index contributed by atoms with van der Waals surface area (Å²) in [5.41, 5.74) is 8.09. The molecular formula is C24H49BN2O2. The van der Waals surface area contributed by atoms with E-state index >= 15 is 0 Å². The Morgan fingerprint density at radius 1 is 0.586 bits per heavy atom. The molecule has 1 aromatic carbocycles. The minimum absolute atomic E-state index is 0.352. The maximum absolute atomic E-state index is 10.8. The van der Waals surface area contributed by atoms with E-state index < -0.39 is 7.12 Å². The number of aryl methyl sites for hydroxylation is 1. The topological polar surface area (TPSA) is 101 Å². The van der Waals surface area contributed by atoms with Gasteiger partial charge in [0.25, 0.3) is 0 Å². The van der Waals surface area contributed by atoms with Gasteiger partial charge in [0.05, 0.1) is 14.1 Å². The highest BCUT2D eigenvalue weighted by molar-refractivity contribution is 6.55. The fraction of sp³-hybridized carbons (Fsp3) is 0.750. The molecule has 0 unspecified atom stereocenters. The molecule has 0 aliphatic heterocycles. The van der Waals surface area contributed by atoms with Crippen molar-refractivity contribution in [3.63, 3.8) is 0 Å². The summed E-state index contributed by atoms with van der Waals surface area (Å²) in [6.07, 6.45) is 20.4. The van der Waals surface area contributed by atoms with Crippen molar-refractivity contribution < 1.29 is 21.5 Å². The number of rotatable bonds is 16. The molecule has 29 heavy (non-hydrogen) atoms. The first kappa shape index (κ1) is 30.3.